The maximum Gasteiger partial charge on any atom is 0.0972 e. The maximum atomic E-state index is 5.06. The van der Waals surface area contributed by atoms with Crippen LogP contribution in [0.5, 0.6) is 0 Å². The molecule has 0 aliphatic heterocycles. The van der Waals surface area contributed by atoms with E-state index in [1.807, 2.05) is 12.3 Å². The fourth-order valence-electron chi connectivity index (χ4n) is 8.41. The molecule has 2 nitrogen and oxygen atoms in total. The topological polar surface area (TPSA) is 25.8 Å². The normalized spacial score (nSPS) is 11.8. The van der Waals surface area contributed by atoms with Crippen molar-refractivity contribution in [2.75, 3.05) is 0 Å². The van der Waals surface area contributed by atoms with Crippen LogP contribution in [0, 0.1) is 0 Å². The van der Waals surface area contributed by atoms with Crippen LogP contribution in [0.25, 0.3) is 109 Å². The van der Waals surface area contributed by atoms with Crippen LogP contribution >= 0.6 is 0 Å². The van der Waals surface area contributed by atoms with Crippen molar-refractivity contribution in [1.29, 1.82) is 0 Å². The predicted molar refractivity (Wildman–Crippen MR) is 221 cm³/mol. The zero-order valence-corrected chi connectivity index (χ0v) is 28.2. The highest BCUT2D eigenvalue weighted by Gasteiger charge is 2.15. The van der Waals surface area contributed by atoms with E-state index in [1.165, 1.54) is 76.1 Å². The third-order valence-electron chi connectivity index (χ3n) is 10.9. The number of benzene rings is 8. The predicted octanol–water partition coefficient (Wildman–Crippen LogP) is 13.5. The standard InChI is InChI=1S/C50H30N2/c1-2-11-42-40(10-1)41-13-3-7-35-24-25-36-8-4-14-43(47(36)46(35)41)44-15-5-12-39(48(42)44)33-20-16-31(17-21-33)32-18-22-34(23-19-32)45-29-28-38-27-26-37-9-6-30-51-49(37)50(38)52-45/h1-30H. The lowest BCUT2D eigenvalue weighted by molar-refractivity contribution is 1.37. The van der Waals surface area contributed by atoms with E-state index in [1.54, 1.807) is 0 Å². The molecule has 0 unspecified atom stereocenters. The Morgan fingerprint density at radius 1 is 0.288 bits per heavy atom. The van der Waals surface area contributed by atoms with Gasteiger partial charge in [-0.2, -0.15) is 0 Å². The molecule has 52 heavy (non-hydrogen) atoms. The first-order valence-electron chi connectivity index (χ1n) is 17.8. The molecule has 11 aromatic rings. The largest absolute Gasteiger partial charge is 0.254 e. The van der Waals surface area contributed by atoms with E-state index in [0.29, 0.717) is 0 Å². The van der Waals surface area contributed by atoms with Gasteiger partial charge in [-0.25, -0.2) is 4.98 Å². The Morgan fingerprint density at radius 2 is 0.769 bits per heavy atom. The zero-order valence-electron chi connectivity index (χ0n) is 28.2. The quantitative estimate of drug-likeness (QED) is 0.177. The smallest absolute Gasteiger partial charge is 0.0972 e. The Bertz CT molecular complexity index is 3210. The molecule has 0 saturated heterocycles. The summed E-state index contributed by atoms with van der Waals surface area (Å²) in [6.45, 7) is 0. The third kappa shape index (κ3) is 4.38. The van der Waals surface area contributed by atoms with E-state index < -0.39 is 0 Å². The maximum absolute atomic E-state index is 5.06. The minimum absolute atomic E-state index is 0.935. The number of nitrogens with zero attached hydrogens (tertiary/aromatic N) is 2. The number of fused-ring (bicyclic) bond motifs is 8. The van der Waals surface area contributed by atoms with Crippen LogP contribution < -0.4 is 0 Å². The lowest BCUT2D eigenvalue weighted by Crippen LogP contribution is -1.89. The van der Waals surface area contributed by atoms with Crippen molar-refractivity contribution in [3.8, 4) is 33.5 Å². The molecule has 11 rings (SSSR count). The van der Waals surface area contributed by atoms with E-state index in [0.717, 1.165) is 33.1 Å². The molecule has 2 heteroatoms. The lowest BCUT2D eigenvalue weighted by atomic mass is 9.88. The van der Waals surface area contributed by atoms with E-state index in [-0.39, 0.29) is 0 Å². The number of rotatable bonds is 3. The van der Waals surface area contributed by atoms with Crippen molar-refractivity contribution in [2.45, 2.75) is 0 Å². The minimum Gasteiger partial charge on any atom is -0.254 e. The summed E-state index contributed by atoms with van der Waals surface area (Å²) in [7, 11) is 0. The van der Waals surface area contributed by atoms with Crippen molar-refractivity contribution >= 4 is 75.7 Å². The van der Waals surface area contributed by atoms with Crippen LogP contribution in [0.3, 0.4) is 0 Å². The zero-order chi connectivity index (χ0) is 34.2. The second-order valence-corrected chi connectivity index (χ2v) is 13.7. The van der Waals surface area contributed by atoms with Crippen molar-refractivity contribution < 1.29 is 0 Å². The van der Waals surface area contributed by atoms with Crippen molar-refractivity contribution in [1.82, 2.24) is 9.97 Å². The summed E-state index contributed by atoms with van der Waals surface area (Å²) in [6.07, 6.45) is 1.84. The second-order valence-electron chi connectivity index (χ2n) is 13.7. The summed E-state index contributed by atoms with van der Waals surface area (Å²) in [4.78, 5) is 9.69. The molecule has 9 aromatic carbocycles. The fraction of sp³-hybridized carbons (Fsp3) is 0. The molecule has 0 amide bonds. The summed E-state index contributed by atoms with van der Waals surface area (Å²) in [5.41, 5.74) is 8.70. The summed E-state index contributed by atoms with van der Waals surface area (Å²) in [5.74, 6) is 0. The van der Waals surface area contributed by atoms with Crippen LogP contribution in [0.15, 0.2) is 182 Å². The molecule has 0 fully saturated rings. The first-order chi connectivity index (χ1) is 25.8. The molecular weight excluding hydrogens is 629 g/mol. The molecule has 0 spiro atoms. The Labute approximate surface area is 300 Å². The van der Waals surface area contributed by atoms with E-state index in [2.05, 4.69) is 175 Å². The summed E-state index contributed by atoms with van der Waals surface area (Å²) < 4.78 is 0. The van der Waals surface area contributed by atoms with Crippen LogP contribution in [-0.2, 0) is 0 Å². The molecule has 0 radical (unpaired) electrons. The highest BCUT2D eigenvalue weighted by atomic mass is 14.7. The summed E-state index contributed by atoms with van der Waals surface area (Å²) in [5, 5.41) is 15.0. The average molecular weight is 659 g/mol. The van der Waals surface area contributed by atoms with Gasteiger partial charge in [0, 0.05) is 22.5 Å². The van der Waals surface area contributed by atoms with Gasteiger partial charge in [0.1, 0.15) is 0 Å². The Kier molecular flexibility index (Phi) is 6.28. The van der Waals surface area contributed by atoms with E-state index >= 15 is 0 Å². The highest BCUT2D eigenvalue weighted by molar-refractivity contribution is 6.34. The summed E-state index contributed by atoms with van der Waals surface area (Å²) >= 11 is 0. The van der Waals surface area contributed by atoms with Gasteiger partial charge < -0.3 is 0 Å². The molecule has 2 heterocycles. The number of hydrogen-bond donors (Lipinski definition) is 0. The molecule has 0 aliphatic rings. The monoisotopic (exact) mass is 658 g/mol. The fourth-order valence-corrected chi connectivity index (χ4v) is 8.41. The highest BCUT2D eigenvalue weighted by Crippen LogP contribution is 2.43. The molecule has 2 aromatic heterocycles. The van der Waals surface area contributed by atoms with Crippen LogP contribution in [0.4, 0.5) is 0 Å². The molecular formula is C50H30N2. The molecule has 240 valence electrons. The molecule has 0 atom stereocenters. The number of aromatic nitrogens is 2. The van der Waals surface area contributed by atoms with Crippen LogP contribution in [0.1, 0.15) is 0 Å². The molecule has 0 saturated carbocycles. The Hall–Kier alpha value is -6.90. The van der Waals surface area contributed by atoms with Gasteiger partial charge in [0.25, 0.3) is 0 Å². The van der Waals surface area contributed by atoms with Gasteiger partial charge in [0.2, 0.25) is 0 Å². The van der Waals surface area contributed by atoms with Crippen molar-refractivity contribution in [3.63, 3.8) is 0 Å². The van der Waals surface area contributed by atoms with Gasteiger partial charge >= 0.3 is 0 Å². The van der Waals surface area contributed by atoms with Gasteiger partial charge in [-0.05, 0) is 88.2 Å². The molecule has 0 aliphatic carbocycles. The Morgan fingerprint density at radius 3 is 1.48 bits per heavy atom. The van der Waals surface area contributed by atoms with Crippen molar-refractivity contribution in [3.05, 3.63) is 182 Å². The van der Waals surface area contributed by atoms with Gasteiger partial charge in [0.05, 0.1) is 16.7 Å². The van der Waals surface area contributed by atoms with E-state index in [9.17, 15) is 0 Å². The Balaban J connectivity index is 1.04. The van der Waals surface area contributed by atoms with Crippen molar-refractivity contribution in [2.24, 2.45) is 0 Å². The van der Waals surface area contributed by atoms with Gasteiger partial charge in [0.15, 0.2) is 0 Å². The first-order valence-corrected chi connectivity index (χ1v) is 17.8. The van der Waals surface area contributed by atoms with Gasteiger partial charge in [-0.3, -0.25) is 4.98 Å². The average Bonchev–Trinajstić information content (AvgIpc) is 3.22. The van der Waals surface area contributed by atoms with Crippen LogP contribution in [0.2, 0.25) is 0 Å². The number of hydrogen-bond acceptors (Lipinski definition) is 2. The lowest BCUT2D eigenvalue weighted by Gasteiger charge is -2.16. The van der Waals surface area contributed by atoms with Crippen LogP contribution in [-0.4, -0.2) is 9.97 Å². The van der Waals surface area contributed by atoms with Gasteiger partial charge in [-0.1, -0.05) is 164 Å². The van der Waals surface area contributed by atoms with E-state index in [4.69, 9.17) is 4.98 Å². The first kappa shape index (κ1) is 28.9. The molecule has 0 N–H and O–H groups in total. The summed E-state index contributed by atoms with van der Waals surface area (Å²) in [6, 6.07) is 64.1. The van der Waals surface area contributed by atoms with Gasteiger partial charge in [-0.15, -0.1) is 0 Å². The second kappa shape index (κ2) is 11.3. The molecule has 0 bridgehead atoms. The third-order valence-corrected chi connectivity index (χ3v) is 10.9. The minimum atomic E-state index is 0.935. The SMILES string of the molecule is c1cnc2c(c1)ccc1ccc(-c3ccc(-c4ccc(-c5cccc6c7cccc8ccc9cccc(c%10ccccc%10c56)c9c87)cc4)cc3)nc12. The number of pyridine rings is 2.